The van der Waals surface area contributed by atoms with Gasteiger partial charge in [0.15, 0.2) is 0 Å². The predicted molar refractivity (Wildman–Crippen MR) is 168 cm³/mol. The van der Waals surface area contributed by atoms with Crippen molar-refractivity contribution in [2.75, 3.05) is 0 Å². The van der Waals surface area contributed by atoms with Crippen LogP contribution in [0.25, 0.3) is 0 Å². The molecule has 0 aromatic heterocycles. The Morgan fingerprint density at radius 1 is 0.500 bits per heavy atom. The Bertz CT molecular complexity index is 1350. The normalized spacial score (nSPS) is 12.4. The van der Waals surface area contributed by atoms with Crippen LogP contribution < -0.4 is 0 Å². The summed E-state index contributed by atoms with van der Waals surface area (Å²) < 4.78 is 34.6. The van der Waals surface area contributed by atoms with Gasteiger partial charge in [0.05, 0.1) is 4.90 Å². The van der Waals surface area contributed by atoms with E-state index >= 15 is 0 Å². The molecule has 0 saturated heterocycles. The van der Waals surface area contributed by atoms with Crippen LogP contribution in [0.5, 0.6) is 0 Å². The van der Waals surface area contributed by atoms with E-state index in [1.165, 1.54) is 32.1 Å². The van der Waals surface area contributed by atoms with E-state index < -0.39 is 20.4 Å². The molecule has 4 aromatic carbocycles. The summed E-state index contributed by atoms with van der Waals surface area (Å²) in [5.74, 6) is 0. The van der Waals surface area contributed by atoms with Gasteiger partial charge < -0.3 is 0 Å². The number of hydrogen-bond acceptors (Lipinski definition) is 3. The number of unbranched alkanes of at least 4 members (excludes halogenated alkanes) is 5. The van der Waals surface area contributed by atoms with Crippen molar-refractivity contribution >= 4 is 20.4 Å². The zero-order chi connectivity index (χ0) is 28.6. The maximum Gasteiger partial charge on any atom is 0.307 e. The van der Waals surface area contributed by atoms with Gasteiger partial charge in [0, 0.05) is 14.7 Å². The van der Waals surface area contributed by atoms with Crippen LogP contribution in [0.2, 0.25) is 0 Å². The molecule has 0 saturated carbocycles. The zero-order valence-electron chi connectivity index (χ0n) is 24.2. The lowest BCUT2D eigenvalue weighted by Crippen LogP contribution is -2.14. The lowest BCUT2D eigenvalue weighted by atomic mass is 10.1. The Morgan fingerprint density at radius 3 is 1.30 bits per heavy atom. The second-order valence-corrected chi connectivity index (χ2v) is 15.1. The predicted octanol–water partition coefficient (Wildman–Crippen LogP) is 10.1. The van der Waals surface area contributed by atoms with E-state index in [4.69, 9.17) is 3.63 Å². The van der Waals surface area contributed by atoms with Gasteiger partial charge in [-0.3, -0.25) is 0 Å². The standard InChI is InChI=1S/C35H42O3S2/c1-5-6-7-8-9-10-11-31-18-26-35(27-19-31)40(36,37)38-39(32-20-12-28(2)13-21-32,33-22-14-29(3)15-23-33)34-24-16-30(4)17-25-34/h12-27H,5-11H2,1-4H3. The first kappa shape index (κ1) is 30.1. The molecule has 0 aliphatic rings. The Balaban J connectivity index is 1.72. The second kappa shape index (κ2) is 13.7. The maximum absolute atomic E-state index is 14.0. The van der Waals surface area contributed by atoms with Gasteiger partial charge in [-0.1, -0.05) is 104 Å². The maximum atomic E-state index is 14.0. The third-order valence-electron chi connectivity index (χ3n) is 7.28. The van der Waals surface area contributed by atoms with Crippen LogP contribution >= 0.6 is 10.3 Å². The minimum Gasteiger partial charge on any atom is -0.203 e. The third kappa shape index (κ3) is 7.25. The highest BCUT2D eigenvalue weighted by molar-refractivity contribution is 8.33. The van der Waals surface area contributed by atoms with Gasteiger partial charge in [-0.25, -0.2) is 3.63 Å². The van der Waals surface area contributed by atoms with Crippen LogP contribution in [0, 0.1) is 20.8 Å². The Kier molecular flexibility index (Phi) is 10.3. The fourth-order valence-electron chi connectivity index (χ4n) is 4.82. The Hall–Kier alpha value is -2.86. The Labute approximate surface area is 243 Å². The smallest absolute Gasteiger partial charge is 0.203 e. The highest BCUT2D eigenvalue weighted by Gasteiger charge is 2.38. The summed E-state index contributed by atoms with van der Waals surface area (Å²) >= 11 is 0. The molecule has 212 valence electrons. The van der Waals surface area contributed by atoms with Gasteiger partial charge in [-0.05, 0) is 98.0 Å². The molecule has 0 amide bonds. The molecule has 4 rings (SSSR count). The van der Waals surface area contributed by atoms with Crippen LogP contribution in [0.4, 0.5) is 0 Å². The minimum atomic E-state index is -4.11. The summed E-state index contributed by atoms with van der Waals surface area (Å²) in [6, 6.07) is 31.4. The molecule has 0 spiro atoms. The molecule has 40 heavy (non-hydrogen) atoms. The van der Waals surface area contributed by atoms with Gasteiger partial charge in [0.25, 0.3) is 0 Å². The molecular formula is C35H42O3S2. The van der Waals surface area contributed by atoms with Crippen molar-refractivity contribution in [1.82, 2.24) is 0 Å². The quantitative estimate of drug-likeness (QED) is 0.149. The van der Waals surface area contributed by atoms with Crippen molar-refractivity contribution in [3.63, 3.8) is 0 Å². The van der Waals surface area contributed by atoms with Crippen molar-refractivity contribution in [3.05, 3.63) is 119 Å². The molecule has 0 fully saturated rings. The van der Waals surface area contributed by atoms with Crippen molar-refractivity contribution < 1.29 is 12.0 Å². The molecule has 0 aliphatic carbocycles. The topological polar surface area (TPSA) is 43.4 Å². The third-order valence-corrected chi connectivity index (χ3v) is 12.5. The van der Waals surface area contributed by atoms with Crippen LogP contribution in [-0.2, 0) is 20.2 Å². The molecule has 0 bridgehead atoms. The summed E-state index contributed by atoms with van der Waals surface area (Å²) in [6.45, 7) is 8.32. The SMILES string of the molecule is CCCCCCCCc1ccc(S(=O)(=O)OS(c2ccc(C)cc2)(c2ccc(C)cc2)c2ccc(C)cc2)cc1. The molecule has 3 nitrogen and oxygen atoms in total. The molecule has 0 radical (unpaired) electrons. The van der Waals surface area contributed by atoms with E-state index in [2.05, 4.69) is 6.92 Å². The summed E-state index contributed by atoms with van der Waals surface area (Å²) in [5.41, 5.74) is 4.47. The molecule has 0 unspecified atom stereocenters. The summed E-state index contributed by atoms with van der Waals surface area (Å²) in [4.78, 5) is 2.71. The average Bonchev–Trinajstić information content (AvgIpc) is 2.95. The van der Waals surface area contributed by atoms with Gasteiger partial charge in [-0.15, -0.1) is 0 Å². The molecule has 0 atom stereocenters. The van der Waals surface area contributed by atoms with Crippen molar-refractivity contribution in [2.24, 2.45) is 0 Å². The van der Waals surface area contributed by atoms with E-state index in [0.717, 1.165) is 49.8 Å². The molecule has 5 heteroatoms. The van der Waals surface area contributed by atoms with Crippen LogP contribution in [0.3, 0.4) is 0 Å². The van der Waals surface area contributed by atoms with E-state index in [1.807, 2.05) is 106 Å². The monoisotopic (exact) mass is 574 g/mol. The van der Waals surface area contributed by atoms with Crippen LogP contribution in [-0.4, -0.2) is 8.42 Å². The lowest BCUT2D eigenvalue weighted by molar-refractivity contribution is 0.508. The summed E-state index contributed by atoms with van der Waals surface area (Å²) in [7, 11) is -6.72. The van der Waals surface area contributed by atoms with Crippen molar-refractivity contribution in [1.29, 1.82) is 0 Å². The largest absolute Gasteiger partial charge is 0.307 e. The van der Waals surface area contributed by atoms with E-state index in [0.29, 0.717) is 0 Å². The molecular weight excluding hydrogens is 533 g/mol. The van der Waals surface area contributed by atoms with Crippen molar-refractivity contribution in [2.45, 2.75) is 92.2 Å². The van der Waals surface area contributed by atoms with Crippen molar-refractivity contribution in [3.8, 4) is 0 Å². The van der Waals surface area contributed by atoms with E-state index in [-0.39, 0.29) is 4.90 Å². The molecule has 4 aromatic rings. The first-order valence-electron chi connectivity index (χ1n) is 14.3. The number of aryl methyl sites for hydroxylation is 4. The number of rotatable bonds is 13. The van der Waals surface area contributed by atoms with Gasteiger partial charge >= 0.3 is 10.1 Å². The van der Waals surface area contributed by atoms with Crippen LogP contribution in [0.15, 0.2) is 117 Å². The molecule has 0 aliphatic heterocycles. The fraction of sp³-hybridized carbons (Fsp3) is 0.314. The summed E-state index contributed by atoms with van der Waals surface area (Å²) in [6.07, 6.45) is 8.38. The minimum absolute atomic E-state index is 0.183. The number of hydrogen-bond donors (Lipinski definition) is 0. The Morgan fingerprint density at radius 2 is 0.875 bits per heavy atom. The van der Waals surface area contributed by atoms with Gasteiger partial charge in [-0.2, -0.15) is 8.42 Å². The first-order valence-corrected chi connectivity index (χ1v) is 17.3. The van der Waals surface area contributed by atoms with Crippen LogP contribution in [0.1, 0.15) is 67.7 Å². The highest BCUT2D eigenvalue weighted by atomic mass is 32.3. The molecule has 0 N–H and O–H groups in total. The van der Waals surface area contributed by atoms with Gasteiger partial charge in [0.2, 0.25) is 0 Å². The van der Waals surface area contributed by atoms with E-state index in [1.54, 1.807) is 12.1 Å². The van der Waals surface area contributed by atoms with E-state index in [9.17, 15) is 8.42 Å². The lowest BCUT2D eigenvalue weighted by Gasteiger charge is -2.39. The second-order valence-electron chi connectivity index (χ2n) is 10.7. The first-order chi connectivity index (χ1) is 19.2. The van der Waals surface area contributed by atoms with Gasteiger partial charge in [0.1, 0.15) is 0 Å². The zero-order valence-corrected chi connectivity index (χ0v) is 25.9. The summed E-state index contributed by atoms with van der Waals surface area (Å²) in [5, 5.41) is 0. The average molecular weight is 575 g/mol. The number of benzene rings is 4. The highest BCUT2D eigenvalue weighted by Crippen LogP contribution is 2.70. The fourth-order valence-corrected chi connectivity index (χ4v) is 10.00. The molecule has 0 heterocycles.